The third-order valence-corrected chi connectivity index (χ3v) is 5.91. The number of thioether (sulfide) groups is 1. The van der Waals surface area contributed by atoms with Gasteiger partial charge in [0.2, 0.25) is 11.8 Å². The van der Waals surface area contributed by atoms with E-state index in [2.05, 4.69) is 22.8 Å². The molecule has 2 N–H and O–H groups in total. The summed E-state index contributed by atoms with van der Waals surface area (Å²) < 4.78 is 0. The van der Waals surface area contributed by atoms with Crippen molar-refractivity contribution in [1.29, 1.82) is 0 Å². The predicted octanol–water partition coefficient (Wildman–Crippen LogP) is 3.81. The summed E-state index contributed by atoms with van der Waals surface area (Å²) in [5.74, 6) is 0.613. The van der Waals surface area contributed by atoms with Crippen LogP contribution < -0.4 is 10.6 Å². The maximum atomic E-state index is 12.2. The van der Waals surface area contributed by atoms with Gasteiger partial charge in [-0.05, 0) is 36.1 Å². The second-order valence-electron chi connectivity index (χ2n) is 6.57. The van der Waals surface area contributed by atoms with E-state index in [4.69, 9.17) is 11.6 Å². The third-order valence-electron chi connectivity index (χ3n) is 4.35. The highest BCUT2D eigenvalue weighted by molar-refractivity contribution is 8.00. The van der Waals surface area contributed by atoms with Gasteiger partial charge in [0, 0.05) is 24.0 Å². The summed E-state index contributed by atoms with van der Waals surface area (Å²) in [6.07, 6.45) is 1.97. The van der Waals surface area contributed by atoms with Crippen LogP contribution >= 0.6 is 23.4 Å². The molecule has 4 nitrogen and oxygen atoms in total. The Balaban J connectivity index is 1.50. The summed E-state index contributed by atoms with van der Waals surface area (Å²) in [5.41, 5.74) is 2.26. The zero-order valence-electron chi connectivity index (χ0n) is 15.0. The Kier molecular flexibility index (Phi) is 7.18. The van der Waals surface area contributed by atoms with Gasteiger partial charge in [0.15, 0.2) is 0 Å². The van der Waals surface area contributed by atoms with Gasteiger partial charge in [-0.2, -0.15) is 0 Å². The van der Waals surface area contributed by atoms with Gasteiger partial charge in [-0.15, -0.1) is 11.8 Å². The molecule has 1 unspecified atom stereocenters. The number of carbonyl (C=O) groups excluding carboxylic acids is 2. The van der Waals surface area contributed by atoms with Crippen molar-refractivity contribution in [2.24, 2.45) is 5.92 Å². The van der Waals surface area contributed by atoms with Crippen LogP contribution in [0.4, 0.5) is 0 Å². The van der Waals surface area contributed by atoms with E-state index in [0.29, 0.717) is 23.9 Å². The molecule has 142 valence electrons. The Morgan fingerprint density at radius 2 is 1.59 bits per heavy atom. The number of hydrogen-bond donors (Lipinski definition) is 2. The molecular weight excluding hydrogens is 380 g/mol. The Morgan fingerprint density at radius 3 is 2.26 bits per heavy atom. The summed E-state index contributed by atoms with van der Waals surface area (Å²) in [6.45, 7) is 0.930. The topological polar surface area (TPSA) is 58.2 Å². The van der Waals surface area contributed by atoms with E-state index in [9.17, 15) is 9.59 Å². The average Bonchev–Trinajstić information content (AvgIpc) is 3.53. The highest BCUT2D eigenvalue weighted by Gasteiger charge is 2.29. The smallest absolute Gasteiger partial charge is 0.230 e. The van der Waals surface area contributed by atoms with Gasteiger partial charge in [-0.1, -0.05) is 54.1 Å². The van der Waals surface area contributed by atoms with Crippen molar-refractivity contribution >= 4 is 35.2 Å². The van der Waals surface area contributed by atoms with Gasteiger partial charge in [0.1, 0.15) is 0 Å². The van der Waals surface area contributed by atoms with Crippen molar-refractivity contribution in [3.05, 3.63) is 70.7 Å². The second-order valence-corrected chi connectivity index (χ2v) is 8.10. The fraction of sp³-hybridized carbons (Fsp3) is 0.333. The highest BCUT2D eigenvalue weighted by atomic mass is 35.5. The van der Waals surface area contributed by atoms with Crippen LogP contribution in [0.25, 0.3) is 0 Å². The first kappa shape index (κ1) is 19.8. The van der Waals surface area contributed by atoms with Crippen LogP contribution in [-0.2, 0) is 9.59 Å². The van der Waals surface area contributed by atoms with Crippen LogP contribution in [0.3, 0.4) is 0 Å². The van der Waals surface area contributed by atoms with E-state index in [1.807, 2.05) is 42.5 Å². The molecule has 1 atom stereocenters. The summed E-state index contributed by atoms with van der Waals surface area (Å²) in [7, 11) is 0. The van der Waals surface area contributed by atoms with E-state index in [1.165, 1.54) is 0 Å². The number of rotatable bonds is 9. The minimum absolute atomic E-state index is 0.0319. The number of nitrogens with one attached hydrogen (secondary N) is 2. The number of halogens is 1. The molecule has 0 heterocycles. The molecule has 1 fully saturated rings. The minimum Gasteiger partial charge on any atom is -0.354 e. The van der Waals surface area contributed by atoms with Gasteiger partial charge in [-0.3, -0.25) is 9.59 Å². The molecule has 6 heteroatoms. The van der Waals surface area contributed by atoms with E-state index in [1.54, 1.807) is 11.8 Å². The van der Waals surface area contributed by atoms with Crippen molar-refractivity contribution in [3.8, 4) is 0 Å². The zero-order valence-corrected chi connectivity index (χ0v) is 16.6. The monoisotopic (exact) mass is 402 g/mol. The van der Waals surface area contributed by atoms with Crippen molar-refractivity contribution < 1.29 is 9.59 Å². The Bertz CT molecular complexity index is 764. The van der Waals surface area contributed by atoms with E-state index in [0.717, 1.165) is 24.0 Å². The molecule has 1 aliphatic rings. The second kappa shape index (κ2) is 9.81. The number of carbonyl (C=O) groups is 2. The van der Waals surface area contributed by atoms with E-state index < -0.39 is 0 Å². The molecule has 27 heavy (non-hydrogen) atoms. The van der Waals surface area contributed by atoms with E-state index in [-0.39, 0.29) is 23.0 Å². The molecule has 2 aromatic carbocycles. The molecule has 0 aromatic heterocycles. The molecule has 2 aromatic rings. The SMILES string of the molecule is O=C(CSC(c1ccccc1)c1ccc(Cl)cc1)NCCNC(=O)C1CC1. The summed E-state index contributed by atoms with van der Waals surface area (Å²) in [5, 5.41) is 6.47. The van der Waals surface area contributed by atoms with Crippen LogP contribution in [0.2, 0.25) is 5.02 Å². The van der Waals surface area contributed by atoms with Gasteiger partial charge in [0.25, 0.3) is 0 Å². The summed E-state index contributed by atoms with van der Waals surface area (Å²) >= 11 is 7.58. The normalized spacial score (nSPS) is 14.4. The quantitative estimate of drug-likeness (QED) is 0.627. The van der Waals surface area contributed by atoms with E-state index >= 15 is 0 Å². The molecule has 2 amide bonds. The Hall–Kier alpha value is -1.98. The maximum Gasteiger partial charge on any atom is 0.230 e. The lowest BCUT2D eigenvalue weighted by Gasteiger charge is -2.18. The van der Waals surface area contributed by atoms with Crippen molar-refractivity contribution in [2.75, 3.05) is 18.8 Å². The highest BCUT2D eigenvalue weighted by Crippen LogP contribution is 2.35. The third kappa shape index (κ3) is 6.29. The van der Waals surface area contributed by atoms with Crippen LogP contribution in [0, 0.1) is 5.92 Å². The lowest BCUT2D eigenvalue weighted by Crippen LogP contribution is -2.36. The van der Waals surface area contributed by atoms with Gasteiger partial charge >= 0.3 is 0 Å². The fourth-order valence-electron chi connectivity index (χ4n) is 2.74. The molecule has 3 rings (SSSR count). The zero-order chi connectivity index (χ0) is 19.1. The largest absolute Gasteiger partial charge is 0.354 e. The van der Waals surface area contributed by atoms with Gasteiger partial charge in [-0.25, -0.2) is 0 Å². The van der Waals surface area contributed by atoms with Gasteiger partial charge < -0.3 is 10.6 Å². The number of amides is 2. The van der Waals surface area contributed by atoms with Crippen molar-refractivity contribution in [2.45, 2.75) is 18.1 Å². The van der Waals surface area contributed by atoms with Crippen LogP contribution in [0.5, 0.6) is 0 Å². The molecule has 1 saturated carbocycles. The number of hydrogen-bond acceptors (Lipinski definition) is 3. The first-order valence-electron chi connectivity index (χ1n) is 9.10. The fourth-order valence-corrected chi connectivity index (χ4v) is 3.98. The molecule has 0 spiro atoms. The molecule has 0 aliphatic heterocycles. The molecule has 1 aliphatic carbocycles. The average molecular weight is 403 g/mol. The molecule has 0 radical (unpaired) electrons. The standard InChI is InChI=1S/C21H23ClN2O2S/c22-18-10-8-16(9-11-18)20(15-4-2-1-3-5-15)27-14-19(25)23-12-13-24-21(26)17-6-7-17/h1-5,8-11,17,20H,6-7,12-14H2,(H,23,25)(H,24,26). The lowest BCUT2D eigenvalue weighted by molar-refractivity contribution is -0.123. The summed E-state index contributed by atoms with van der Waals surface area (Å²) in [6, 6.07) is 17.9. The van der Waals surface area contributed by atoms with Gasteiger partial charge in [0.05, 0.1) is 11.0 Å². The first-order chi connectivity index (χ1) is 13.1. The van der Waals surface area contributed by atoms with Crippen LogP contribution in [0.15, 0.2) is 54.6 Å². The molecular formula is C21H23ClN2O2S. The predicted molar refractivity (Wildman–Crippen MR) is 111 cm³/mol. The minimum atomic E-state index is -0.0319. The van der Waals surface area contributed by atoms with Crippen molar-refractivity contribution in [1.82, 2.24) is 10.6 Å². The molecule has 0 saturated heterocycles. The number of benzene rings is 2. The first-order valence-corrected chi connectivity index (χ1v) is 10.5. The lowest BCUT2D eigenvalue weighted by atomic mass is 10.0. The Labute approximate surface area is 169 Å². The van der Waals surface area contributed by atoms with Crippen LogP contribution in [0.1, 0.15) is 29.2 Å². The Morgan fingerprint density at radius 1 is 0.963 bits per heavy atom. The van der Waals surface area contributed by atoms with Crippen molar-refractivity contribution in [3.63, 3.8) is 0 Å². The van der Waals surface area contributed by atoms with Crippen LogP contribution in [-0.4, -0.2) is 30.7 Å². The molecule has 0 bridgehead atoms. The maximum absolute atomic E-state index is 12.2. The summed E-state index contributed by atoms with van der Waals surface area (Å²) in [4.78, 5) is 23.8.